The molecular formula is C10H17N3O3S. The van der Waals surface area contributed by atoms with E-state index in [1.54, 1.807) is 0 Å². The van der Waals surface area contributed by atoms with Crippen molar-refractivity contribution < 1.29 is 13.5 Å². The fraction of sp³-hybridized carbons (Fsp3) is 0.500. The smallest absolute Gasteiger partial charge is 0.243 e. The average Bonchev–Trinajstić information content (AvgIpc) is 2.30. The van der Waals surface area contributed by atoms with Crippen molar-refractivity contribution in [3.63, 3.8) is 0 Å². The number of sulfonamides is 1. The summed E-state index contributed by atoms with van der Waals surface area (Å²) in [6.07, 6.45) is 1.44. The zero-order chi connectivity index (χ0) is 12.9. The van der Waals surface area contributed by atoms with Crippen LogP contribution in [0.4, 0.5) is 5.82 Å². The molecule has 2 N–H and O–H groups in total. The van der Waals surface area contributed by atoms with Gasteiger partial charge in [-0.2, -0.15) is 4.31 Å². The third-order valence-corrected chi connectivity index (χ3v) is 4.07. The predicted octanol–water partition coefficient (Wildman–Crippen LogP) is 0.126. The Labute approximate surface area is 101 Å². The summed E-state index contributed by atoms with van der Waals surface area (Å²) < 4.78 is 25.2. The predicted molar refractivity (Wildman–Crippen MR) is 65.3 cm³/mol. The van der Waals surface area contributed by atoms with Gasteiger partial charge in [-0.3, -0.25) is 0 Å². The number of rotatable bonds is 6. The Kier molecular flexibility index (Phi) is 4.86. The average molecular weight is 259 g/mol. The standard InChI is InChI=1S/C10H17N3O3S/c1-3-11-10-8-9(4-5-12-10)17(15,16)13(2)6-7-14/h4-5,8,14H,3,6-7H2,1-2H3,(H,11,12). The maximum absolute atomic E-state index is 12.0. The van der Waals surface area contributed by atoms with Gasteiger partial charge in [0.15, 0.2) is 0 Å². The second kappa shape index (κ2) is 5.95. The van der Waals surface area contributed by atoms with E-state index in [2.05, 4.69) is 10.3 Å². The number of aliphatic hydroxyl groups excluding tert-OH is 1. The van der Waals surface area contributed by atoms with Crippen LogP contribution in [0.15, 0.2) is 23.2 Å². The SMILES string of the molecule is CCNc1cc(S(=O)(=O)N(C)CCO)ccn1. The lowest BCUT2D eigenvalue weighted by Gasteiger charge is -2.16. The second-order valence-corrected chi connectivity index (χ2v) is 5.50. The van der Waals surface area contributed by atoms with Crippen LogP contribution in [0, 0.1) is 0 Å². The number of anilines is 1. The van der Waals surface area contributed by atoms with E-state index in [-0.39, 0.29) is 18.0 Å². The molecule has 1 aromatic rings. The van der Waals surface area contributed by atoms with Gasteiger partial charge in [-0.15, -0.1) is 0 Å². The minimum atomic E-state index is -3.55. The first-order valence-corrected chi connectivity index (χ1v) is 6.73. The minimum Gasteiger partial charge on any atom is -0.395 e. The van der Waals surface area contributed by atoms with Crippen LogP contribution < -0.4 is 5.32 Å². The summed E-state index contributed by atoms with van der Waals surface area (Å²) in [7, 11) is -2.12. The molecule has 0 fully saturated rings. The molecule has 1 rings (SSSR count). The maximum Gasteiger partial charge on any atom is 0.243 e. The number of nitrogens with zero attached hydrogens (tertiary/aromatic N) is 2. The van der Waals surface area contributed by atoms with Gasteiger partial charge in [-0.25, -0.2) is 13.4 Å². The number of aromatic nitrogens is 1. The molecule has 0 unspecified atom stereocenters. The Morgan fingerprint density at radius 3 is 2.82 bits per heavy atom. The molecule has 0 saturated carbocycles. The first-order chi connectivity index (χ1) is 8.02. The molecule has 6 nitrogen and oxygen atoms in total. The Bertz CT molecular complexity index is 462. The molecule has 0 aliphatic heterocycles. The number of nitrogens with one attached hydrogen (secondary N) is 1. The summed E-state index contributed by atoms with van der Waals surface area (Å²) in [4.78, 5) is 4.17. The van der Waals surface area contributed by atoms with Crippen LogP contribution in [0.25, 0.3) is 0 Å². The third-order valence-electron chi connectivity index (χ3n) is 2.21. The van der Waals surface area contributed by atoms with Crippen LogP contribution in [-0.4, -0.2) is 49.6 Å². The Balaban J connectivity index is 3.02. The molecule has 0 spiro atoms. The summed E-state index contributed by atoms with van der Waals surface area (Å²) in [5, 5.41) is 11.7. The molecule has 7 heteroatoms. The lowest BCUT2D eigenvalue weighted by atomic mass is 10.4. The number of pyridine rings is 1. The van der Waals surface area contributed by atoms with Crippen LogP contribution >= 0.6 is 0 Å². The van der Waals surface area contributed by atoms with E-state index in [9.17, 15) is 8.42 Å². The Morgan fingerprint density at radius 2 is 2.24 bits per heavy atom. The topological polar surface area (TPSA) is 82.5 Å². The lowest BCUT2D eigenvalue weighted by Crippen LogP contribution is -2.29. The highest BCUT2D eigenvalue weighted by atomic mass is 32.2. The molecule has 0 aliphatic rings. The molecule has 0 atom stereocenters. The van der Waals surface area contributed by atoms with Crippen molar-refractivity contribution in [1.29, 1.82) is 0 Å². The van der Waals surface area contributed by atoms with Crippen LogP contribution in [0.5, 0.6) is 0 Å². The summed E-state index contributed by atoms with van der Waals surface area (Å²) in [6, 6.07) is 2.91. The van der Waals surface area contributed by atoms with E-state index < -0.39 is 10.0 Å². The number of hydrogen-bond donors (Lipinski definition) is 2. The molecule has 17 heavy (non-hydrogen) atoms. The number of likely N-dealkylation sites (N-methyl/N-ethyl adjacent to an activating group) is 1. The monoisotopic (exact) mass is 259 g/mol. The number of aliphatic hydroxyl groups is 1. The summed E-state index contributed by atoms with van der Waals surface area (Å²) in [5.41, 5.74) is 0. The van der Waals surface area contributed by atoms with Gasteiger partial charge in [0.25, 0.3) is 0 Å². The normalized spacial score (nSPS) is 11.8. The van der Waals surface area contributed by atoms with E-state index in [0.29, 0.717) is 12.4 Å². The highest BCUT2D eigenvalue weighted by Gasteiger charge is 2.20. The van der Waals surface area contributed by atoms with E-state index in [1.165, 1.54) is 25.4 Å². The molecule has 0 amide bonds. The van der Waals surface area contributed by atoms with E-state index in [4.69, 9.17) is 5.11 Å². The van der Waals surface area contributed by atoms with Crippen molar-refractivity contribution in [2.24, 2.45) is 0 Å². The summed E-state index contributed by atoms with van der Waals surface area (Å²) in [5.74, 6) is 0.519. The molecular weight excluding hydrogens is 242 g/mol. The van der Waals surface area contributed by atoms with Gasteiger partial charge in [0.1, 0.15) is 5.82 Å². The first kappa shape index (κ1) is 13.9. The largest absolute Gasteiger partial charge is 0.395 e. The fourth-order valence-electron chi connectivity index (χ4n) is 1.29. The van der Waals surface area contributed by atoms with E-state index >= 15 is 0 Å². The maximum atomic E-state index is 12.0. The molecule has 0 aliphatic carbocycles. The van der Waals surface area contributed by atoms with E-state index in [1.807, 2.05) is 6.92 Å². The van der Waals surface area contributed by atoms with E-state index in [0.717, 1.165) is 4.31 Å². The van der Waals surface area contributed by atoms with Gasteiger partial charge in [0, 0.05) is 32.4 Å². The summed E-state index contributed by atoms with van der Waals surface area (Å²) >= 11 is 0. The minimum absolute atomic E-state index is 0.0706. The van der Waals surface area contributed by atoms with Gasteiger partial charge < -0.3 is 10.4 Å². The quantitative estimate of drug-likeness (QED) is 0.758. The lowest BCUT2D eigenvalue weighted by molar-refractivity contribution is 0.266. The molecule has 0 bridgehead atoms. The van der Waals surface area contributed by atoms with Gasteiger partial charge in [0.05, 0.1) is 11.5 Å². The molecule has 0 saturated heterocycles. The third kappa shape index (κ3) is 3.39. The van der Waals surface area contributed by atoms with Crippen LogP contribution in [0.3, 0.4) is 0 Å². The molecule has 96 valence electrons. The van der Waals surface area contributed by atoms with Gasteiger partial charge in [0.2, 0.25) is 10.0 Å². The highest BCUT2D eigenvalue weighted by Crippen LogP contribution is 2.16. The van der Waals surface area contributed by atoms with Crippen molar-refractivity contribution in [1.82, 2.24) is 9.29 Å². The zero-order valence-corrected chi connectivity index (χ0v) is 10.7. The summed E-state index contributed by atoms with van der Waals surface area (Å²) in [6.45, 7) is 2.44. The second-order valence-electron chi connectivity index (χ2n) is 3.46. The van der Waals surface area contributed by atoms with Crippen LogP contribution in [-0.2, 0) is 10.0 Å². The van der Waals surface area contributed by atoms with Crippen molar-refractivity contribution in [2.75, 3.05) is 32.1 Å². The fourth-order valence-corrected chi connectivity index (χ4v) is 2.47. The highest BCUT2D eigenvalue weighted by molar-refractivity contribution is 7.89. The van der Waals surface area contributed by atoms with Gasteiger partial charge >= 0.3 is 0 Å². The molecule has 1 heterocycles. The van der Waals surface area contributed by atoms with Gasteiger partial charge in [-0.1, -0.05) is 0 Å². The van der Waals surface area contributed by atoms with Crippen molar-refractivity contribution in [3.05, 3.63) is 18.3 Å². The van der Waals surface area contributed by atoms with Gasteiger partial charge in [-0.05, 0) is 13.0 Å². The molecule has 0 aromatic carbocycles. The number of hydrogen-bond acceptors (Lipinski definition) is 5. The first-order valence-electron chi connectivity index (χ1n) is 5.29. The molecule has 1 aromatic heterocycles. The zero-order valence-electron chi connectivity index (χ0n) is 9.92. The van der Waals surface area contributed by atoms with Crippen molar-refractivity contribution >= 4 is 15.8 Å². The van der Waals surface area contributed by atoms with Crippen molar-refractivity contribution in [3.8, 4) is 0 Å². The van der Waals surface area contributed by atoms with Crippen LogP contribution in [0.1, 0.15) is 6.92 Å². The Morgan fingerprint density at radius 1 is 1.53 bits per heavy atom. The Hall–Kier alpha value is -1.18. The van der Waals surface area contributed by atoms with Crippen LogP contribution in [0.2, 0.25) is 0 Å². The van der Waals surface area contributed by atoms with Crippen molar-refractivity contribution in [2.45, 2.75) is 11.8 Å². The molecule has 0 radical (unpaired) electrons.